The number of carbonyl (C=O) groups excluding carboxylic acids is 1. The molecule has 0 aromatic heterocycles. The Morgan fingerprint density at radius 1 is 1.22 bits per heavy atom. The first-order chi connectivity index (χ1) is 10.7. The van der Waals surface area contributed by atoms with Gasteiger partial charge in [-0.15, -0.1) is 0 Å². The molecule has 2 N–H and O–H groups in total. The summed E-state index contributed by atoms with van der Waals surface area (Å²) in [6.45, 7) is 4.93. The highest BCUT2D eigenvalue weighted by molar-refractivity contribution is 7.92. The summed E-state index contributed by atoms with van der Waals surface area (Å²) in [5.41, 5.74) is 0.0434. The predicted molar refractivity (Wildman–Crippen MR) is 87.1 cm³/mol. The summed E-state index contributed by atoms with van der Waals surface area (Å²) in [7, 11) is -3.59. The number of rotatable bonds is 8. The molecule has 1 aromatic carbocycles. The lowest BCUT2D eigenvalue weighted by Gasteiger charge is -2.15. The van der Waals surface area contributed by atoms with Gasteiger partial charge in [0.15, 0.2) is 9.84 Å². The SMILES string of the molecule is CCCC(CNC(=O)c1ccccc1S(=O)(=O)C(C)C)C(=O)O. The van der Waals surface area contributed by atoms with E-state index in [-0.39, 0.29) is 17.0 Å². The van der Waals surface area contributed by atoms with Crippen molar-refractivity contribution < 1.29 is 23.1 Å². The number of aliphatic carboxylic acids is 1. The van der Waals surface area contributed by atoms with Gasteiger partial charge in [-0.05, 0) is 32.4 Å². The van der Waals surface area contributed by atoms with Crippen molar-refractivity contribution in [1.29, 1.82) is 0 Å². The standard InChI is InChI=1S/C16H23NO5S/c1-4-7-12(16(19)20)10-17-15(18)13-8-5-6-9-14(13)23(21,22)11(2)3/h5-6,8-9,11-12H,4,7,10H2,1-3H3,(H,17,18)(H,19,20). The Morgan fingerprint density at radius 2 is 1.83 bits per heavy atom. The van der Waals surface area contributed by atoms with Crippen LogP contribution >= 0.6 is 0 Å². The molecule has 6 nitrogen and oxygen atoms in total. The molecule has 7 heteroatoms. The maximum absolute atomic E-state index is 12.3. The van der Waals surface area contributed by atoms with Gasteiger partial charge in [0.05, 0.1) is 21.6 Å². The van der Waals surface area contributed by atoms with Crippen molar-refractivity contribution in [3.8, 4) is 0 Å². The lowest BCUT2D eigenvalue weighted by atomic mass is 10.0. The van der Waals surface area contributed by atoms with Crippen molar-refractivity contribution in [2.75, 3.05) is 6.54 Å². The van der Waals surface area contributed by atoms with Gasteiger partial charge in [-0.25, -0.2) is 8.42 Å². The van der Waals surface area contributed by atoms with Crippen LogP contribution in [-0.4, -0.2) is 37.2 Å². The Morgan fingerprint density at radius 3 is 2.35 bits per heavy atom. The molecule has 1 rings (SSSR count). The molecule has 0 spiro atoms. The maximum atomic E-state index is 12.3. The van der Waals surface area contributed by atoms with Crippen LogP contribution in [0.15, 0.2) is 29.2 Å². The first-order valence-electron chi connectivity index (χ1n) is 7.55. The molecule has 0 saturated carbocycles. The summed E-state index contributed by atoms with van der Waals surface area (Å²) in [4.78, 5) is 23.4. The summed E-state index contributed by atoms with van der Waals surface area (Å²) in [6, 6.07) is 5.96. The zero-order valence-electron chi connectivity index (χ0n) is 13.6. The van der Waals surface area contributed by atoms with E-state index < -0.39 is 32.9 Å². The van der Waals surface area contributed by atoms with Crippen molar-refractivity contribution in [3.63, 3.8) is 0 Å². The number of nitrogens with one attached hydrogen (secondary N) is 1. The van der Waals surface area contributed by atoms with Gasteiger partial charge in [0.2, 0.25) is 0 Å². The monoisotopic (exact) mass is 341 g/mol. The number of hydrogen-bond donors (Lipinski definition) is 2. The van der Waals surface area contributed by atoms with E-state index in [2.05, 4.69) is 5.32 Å². The van der Waals surface area contributed by atoms with E-state index in [0.29, 0.717) is 12.8 Å². The summed E-state index contributed by atoms with van der Waals surface area (Å²) in [5.74, 6) is -2.24. The van der Waals surface area contributed by atoms with E-state index in [1.807, 2.05) is 6.92 Å². The van der Waals surface area contributed by atoms with Crippen LogP contribution < -0.4 is 5.32 Å². The minimum atomic E-state index is -3.59. The van der Waals surface area contributed by atoms with Crippen molar-refractivity contribution in [1.82, 2.24) is 5.32 Å². The molecule has 23 heavy (non-hydrogen) atoms. The molecule has 0 aliphatic heterocycles. The highest BCUT2D eigenvalue weighted by atomic mass is 32.2. The lowest BCUT2D eigenvalue weighted by molar-refractivity contribution is -0.141. The van der Waals surface area contributed by atoms with Crippen LogP contribution in [0.25, 0.3) is 0 Å². The van der Waals surface area contributed by atoms with Crippen molar-refractivity contribution in [3.05, 3.63) is 29.8 Å². The van der Waals surface area contributed by atoms with Gasteiger partial charge < -0.3 is 10.4 Å². The largest absolute Gasteiger partial charge is 0.481 e. The fourth-order valence-corrected chi connectivity index (χ4v) is 3.37. The zero-order chi connectivity index (χ0) is 17.6. The average molecular weight is 341 g/mol. The molecule has 0 aliphatic carbocycles. The van der Waals surface area contributed by atoms with Gasteiger partial charge in [0.1, 0.15) is 0 Å². The van der Waals surface area contributed by atoms with Crippen molar-refractivity contribution in [2.24, 2.45) is 5.92 Å². The third-order valence-electron chi connectivity index (χ3n) is 3.55. The molecule has 1 amide bonds. The lowest BCUT2D eigenvalue weighted by Crippen LogP contribution is -2.34. The molecule has 0 aliphatic rings. The smallest absolute Gasteiger partial charge is 0.308 e. The van der Waals surface area contributed by atoms with Crippen LogP contribution in [0.3, 0.4) is 0 Å². The quantitative estimate of drug-likeness (QED) is 0.754. The molecule has 1 unspecified atom stereocenters. The maximum Gasteiger partial charge on any atom is 0.308 e. The first kappa shape index (κ1) is 19.2. The third-order valence-corrected chi connectivity index (χ3v) is 5.76. The van der Waals surface area contributed by atoms with Gasteiger partial charge in [-0.2, -0.15) is 0 Å². The van der Waals surface area contributed by atoms with Gasteiger partial charge in [0.25, 0.3) is 5.91 Å². The molecule has 0 radical (unpaired) electrons. The van der Waals surface area contributed by atoms with Crippen LogP contribution in [0, 0.1) is 5.92 Å². The number of sulfone groups is 1. The van der Waals surface area contributed by atoms with E-state index in [1.165, 1.54) is 12.1 Å². The van der Waals surface area contributed by atoms with Crippen molar-refractivity contribution >= 4 is 21.7 Å². The molecule has 128 valence electrons. The van der Waals surface area contributed by atoms with Gasteiger partial charge in [-0.3, -0.25) is 9.59 Å². The van der Waals surface area contributed by atoms with Crippen LogP contribution in [0.2, 0.25) is 0 Å². The molecular weight excluding hydrogens is 318 g/mol. The Balaban J connectivity index is 3.00. The van der Waals surface area contributed by atoms with E-state index >= 15 is 0 Å². The van der Waals surface area contributed by atoms with Crippen molar-refractivity contribution in [2.45, 2.75) is 43.8 Å². The van der Waals surface area contributed by atoms with Crippen LogP contribution in [0.4, 0.5) is 0 Å². The van der Waals surface area contributed by atoms with Gasteiger partial charge in [0, 0.05) is 6.54 Å². The highest BCUT2D eigenvalue weighted by Gasteiger charge is 2.26. The summed E-state index contributed by atoms with van der Waals surface area (Å²) < 4.78 is 24.7. The molecule has 1 aromatic rings. The minimum Gasteiger partial charge on any atom is -0.481 e. The number of carboxylic acids is 1. The van der Waals surface area contributed by atoms with E-state index in [0.717, 1.165) is 0 Å². The molecule has 1 atom stereocenters. The van der Waals surface area contributed by atoms with E-state index in [4.69, 9.17) is 5.11 Å². The molecular formula is C16H23NO5S. The minimum absolute atomic E-state index is 0.0297. The van der Waals surface area contributed by atoms with Crippen LogP contribution in [0.1, 0.15) is 44.0 Å². The second-order valence-electron chi connectivity index (χ2n) is 5.62. The zero-order valence-corrected chi connectivity index (χ0v) is 14.4. The summed E-state index contributed by atoms with van der Waals surface area (Å²) in [5, 5.41) is 11.0. The van der Waals surface area contributed by atoms with Crippen LogP contribution in [-0.2, 0) is 14.6 Å². The fraction of sp³-hybridized carbons (Fsp3) is 0.500. The van der Waals surface area contributed by atoms with Gasteiger partial charge >= 0.3 is 5.97 Å². The Kier molecular flexibility index (Phi) is 6.75. The second kappa shape index (κ2) is 8.10. The average Bonchev–Trinajstić information content (AvgIpc) is 2.50. The molecule has 0 saturated heterocycles. The number of carboxylic acid groups (broad SMARTS) is 1. The Labute approximate surface area is 136 Å². The van der Waals surface area contributed by atoms with Crippen LogP contribution in [0.5, 0.6) is 0 Å². The molecule has 0 heterocycles. The molecule has 0 bridgehead atoms. The number of benzene rings is 1. The Bertz CT molecular complexity index is 667. The van der Waals surface area contributed by atoms with E-state index in [9.17, 15) is 18.0 Å². The number of hydrogen-bond acceptors (Lipinski definition) is 4. The second-order valence-corrected chi connectivity index (χ2v) is 8.10. The summed E-state index contributed by atoms with van der Waals surface area (Å²) in [6.07, 6.45) is 1.13. The topological polar surface area (TPSA) is 101 Å². The molecule has 0 fully saturated rings. The highest BCUT2D eigenvalue weighted by Crippen LogP contribution is 2.20. The predicted octanol–water partition coefficient (Wildman–Crippen LogP) is 2.10. The van der Waals surface area contributed by atoms with Gasteiger partial charge in [-0.1, -0.05) is 25.5 Å². The number of amides is 1. The normalized spacial score (nSPS) is 12.9. The summed E-state index contributed by atoms with van der Waals surface area (Å²) >= 11 is 0. The van der Waals surface area contributed by atoms with E-state index in [1.54, 1.807) is 26.0 Å². The fourth-order valence-electron chi connectivity index (χ4n) is 2.13. The Hall–Kier alpha value is -1.89. The third kappa shape index (κ3) is 4.79. The first-order valence-corrected chi connectivity index (χ1v) is 9.10. The number of carbonyl (C=O) groups is 2.